The molecule has 2 N–H and O–H groups in total. The van der Waals surface area contributed by atoms with Gasteiger partial charge in [-0.05, 0) is 25.3 Å². The minimum atomic E-state index is -0.417. The van der Waals surface area contributed by atoms with Gasteiger partial charge in [0.05, 0.1) is 23.8 Å². The highest BCUT2D eigenvalue weighted by Crippen LogP contribution is 2.38. The third kappa shape index (κ3) is 3.23. The number of amides is 1. The SMILES string of the molecule is C=C[C@]1(NC)[C@H](C(C)C)O[C@H](CC(C)C)[C@@H]1NC(C)=O. The highest BCUT2D eigenvalue weighted by atomic mass is 16.5. The number of likely N-dealkylation sites (N-methyl/N-ethyl adjacent to an activating group) is 1. The molecule has 1 aliphatic heterocycles. The first-order chi connectivity index (χ1) is 9.28. The number of ether oxygens (including phenoxy) is 1. The van der Waals surface area contributed by atoms with Crippen LogP contribution >= 0.6 is 0 Å². The fourth-order valence-electron chi connectivity index (χ4n) is 3.30. The van der Waals surface area contributed by atoms with E-state index in [0.29, 0.717) is 11.8 Å². The Morgan fingerprint density at radius 2 is 2.00 bits per heavy atom. The molecule has 0 spiro atoms. The highest BCUT2D eigenvalue weighted by molar-refractivity contribution is 5.73. The van der Waals surface area contributed by atoms with E-state index in [9.17, 15) is 4.79 Å². The summed E-state index contributed by atoms with van der Waals surface area (Å²) in [6.07, 6.45) is 2.84. The summed E-state index contributed by atoms with van der Waals surface area (Å²) in [6.45, 7) is 14.2. The van der Waals surface area contributed by atoms with Crippen LogP contribution in [0.3, 0.4) is 0 Å². The first kappa shape index (κ1) is 17.2. The molecule has 0 bridgehead atoms. The predicted octanol–water partition coefficient (Wildman–Crippen LogP) is 2.10. The van der Waals surface area contributed by atoms with E-state index < -0.39 is 5.54 Å². The lowest BCUT2D eigenvalue weighted by Crippen LogP contribution is -2.63. The van der Waals surface area contributed by atoms with Crippen molar-refractivity contribution in [3.8, 4) is 0 Å². The standard InChI is InChI=1S/C16H30N2O2/c1-8-16(17-7)14(18-12(6)19)13(9-10(2)3)20-15(16)11(4)5/h8,10-11,13-15,17H,1,9H2,2-7H3,(H,18,19)/t13-,14+,15+,16-/m1/s1. The van der Waals surface area contributed by atoms with Gasteiger partial charge in [0.25, 0.3) is 0 Å². The molecule has 116 valence electrons. The molecular weight excluding hydrogens is 252 g/mol. The lowest BCUT2D eigenvalue weighted by molar-refractivity contribution is -0.120. The number of rotatable bonds is 6. The van der Waals surface area contributed by atoms with Crippen molar-refractivity contribution in [1.82, 2.24) is 10.6 Å². The van der Waals surface area contributed by atoms with Crippen molar-refractivity contribution in [3.05, 3.63) is 12.7 Å². The van der Waals surface area contributed by atoms with E-state index in [0.717, 1.165) is 6.42 Å². The van der Waals surface area contributed by atoms with Gasteiger partial charge in [-0.25, -0.2) is 0 Å². The smallest absolute Gasteiger partial charge is 0.217 e. The van der Waals surface area contributed by atoms with Crippen molar-refractivity contribution in [2.75, 3.05) is 7.05 Å². The molecular formula is C16H30N2O2. The lowest BCUT2D eigenvalue weighted by atomic mass is 9.79. The quantitative estimate of drug-likeness (QED) is 0.734. The van der Waals surface area contributed by atoms with Crippen LogP contribution in [0.5, 0.6) is 0 Å². The Morgan fingerprint density at radius 3 is 2.35 bits per heavy atom. The molecule has 4 nitrogen and oxygen atoms in total. The molecule has 0 aromatic heterocycles. The predicted molar refractivity (Wildman–Crippen MR) is 82.5 cm³/mol. The van der Waals surface area contributed by atoms with Crippen LogP contribution in [0.1, 0.15) is 41.0 Å². The van der Waals surface area contributed by atoms with Gasteiger partial charge in [-0.3, -0.25) is 4.79 Å². The van der Waals surface area contributed by atoms with E-state index in [1.807, 2.05) is 13.1 Å². The Bertz CT molecular complexity index is 354. The van der Waals surface area contributed by atoms with Crippen LogP contribution in [0.25, 0.3) is 0 Å². The number of carbonyl (C=O) groups excluding carboxylic acids is 1. The molecule has 1 saturated heterocycles. The number of hydrogen-bond acceptors (Lipinski definition) is 3. The second-order valence-electron chi connectivity index (χ2n) is 6.53. The largest absolute Gasteiger partial charge is 0.370 e. The van der Waals surface area contributed by atoms with E-state index in [-0.39, 0.29) is 24.2 Å². The van der Waals surface area contributed by atoms with Gasteiger partial charge in [0.2, 0.25) is 5.91 Å². The molecule has 1 rings (SSSR count). The maximum absolute atomic E-state index is 11.6. The summed E-state index contributed by atoms with van der Waals surface area (Å²) in [7, 11) is 1.91. The van der Waals surface area contributed by atoms with Gasteiger partial charge in [-0.2, -0.15) is 0 Å². The summed E-state index contributed by atoms with van der Waals surface area (Å²) in [4.78, 5) is 11.6. The number of carbonyl (C=O) groups is 1. The van der Waals surface area contributed by atoms with Crippen molar-refractivity contribution in [2.45, 2.75) is 64.8 Å². The Labute approximate surface area is 123 Å². The molecule has 1 aliphatic rings. The molecule has 0 radical (unpaired) electrons. The van der Waals surface area contributed by atoms with Crippen molar-refractivity contribution >= 4 is 5.91 Å². The Kier molecular flexibility index (Phi) is 5.78. The van der Waals surface area contributed by atoms with Gasteiger partial charge in [0.1, 0.15) is 0 Å². The third-order valence-corrected chi connectivity index (χ3v) is 4.12. The third-order valence-electron chi connectivity index (χ3n) is 4.12. The number of hydrogen-bond donors (Lipinski definition) is 2. The molecule has 20 heavy (non-hydrogen) atoms. The summed E-state index contributed by atoms with van der Waals surface area (Å²) in [5, 5.41) is 6.44. The van der Waals surface area contributed by atoms with E-state index in [1.54, 1.807) is 6.92 Å². The van der Waals surface area contributed by atoms with Crippen LogP contribution in [0.2, 0.25) is 0 Å². The topological polar surface area (TPSA) is 50.4 Å². The van der Waals surface area contributed by atoms with Crippen LogP contribution in [0.4, 0.5) is 0 Å². The summed E-state index contributed by atoms with van der Waals surface area (Å²) in [5.74, 6) is 0.827. The molecule has 1 fully saturated rings. The normalized spacial score (nSPS) is 33.7. The molecule has 0 aromatic rings. The molecule has 1 amide bonds. The second-order valence-corrected chi connectivity index (χ2v) is 6.53. The Hall–Kier alpha value is -0.870. The van der Waals surface area contributed by atoms with Crippen molar-refractivity contribution < 1.29 is 9.53 Å². The fraction of sp³-hybridized carbons (Fsp3) is 0.812. The van der Waals surface area contributed by atoms with Crippen LogP contribution in [-0.4, -0.2) is 36.7 Å². The zero-order valence-electron chi connectivity index (χ0n) is 13.7. The zero-order chi connectivity index (χ0) is 15.5. The minimum Gasteiger partial charge on any atom is -0.370 e. The average Bonchev–Trinajstić information content (AvgIpc) is 2.63. The maximum Gasteiger partial charge on any atom is 0.217 e. The van der Waals surface area contributed by atoms with Gasteiger partial charge in [-0.1, -0.05) is 33.8 Å². The first-order valence-corrected chi connectivity index (χ1v) is 7.53. The van der Waals surface area contributed by atoms with Crippen LogP contribution in [0, 0.1) is 11.8 Å². The van der Waals surface area contributed by atoms with Crippen molar-refractivity contribution in [3.63, 3.8) is 0 Å². The van der Waals surface area contributed by atoms with E-state index in [1.165, 1.54) is 0 Å². The Balaban J connectivity index is 3.16. The van der Waals surface area contributed by atoms with E-state index in [2.05, 4.69) is 44.9 Å². The molecule has 0 saturated carbocycles. The maximum atomic E-state index is 11.6. The fourth-order valence-corrected chi connectivity index (χ4v) is 3.30. The van der Waals surface area contributed by atoms with Crippen LogP contribution < -0.4 is 10.6 Å². The molecule has 4 atom stereocenters. The summed E-state index contributed by atoms with van der Waals surface area (Å²) >= 11 is 0. The summed E-state index contributed by atoms with van der Waals surface area (Å²) < 4.78 is 6.30. The lowest BCUT2D eigenvalue weighted by Gasteiger charge is -2.38. The second kappa shape index (κ2) is 6.72. The monoisotopic (exact) mass is 282 g/mol. The zero-order valence-corrected chi connectivity index (χ0v) is 13.7. The number of nitrogens with one attached hydrogen (secondary N) is 2. The summed E-state index contributed by atoms with van der Waals surface area (Å²) in [5.41, 5.74) is -0.417. The Morgan fingerprint density at radius 1 is 1.40 bits per heavy atom. The van der Waals surface area contributed by atoms with E-state index in [4.69, 9.17) is 4.74 Å². The molecule has 0 aromatic carbocycles. The van der Waals surface area contributed by atoms with Gasteiger partial charge < -0.3 is 15.4 Å². The van der Waals surface area contributed by atoms with Crippen LogP contribution in [0.15, 0.2) is 12.7 Å². The molecule has 4 heteroatoms. The van der Waals surface area contributed by atoms with Gasteiger partial charge in [0, 0.05) is 6.92 Å². The average molecular weight is 282 g/mol. The van der Waals surface area contributed by atoms with Crippen molar-refractivity contribution in [1.29, 1.82) is 0 Å². The first-order valence-electron chi connectivity index (χ1n) is 7.53. The molecule has 1 heterocycles. The molecule has 0 unspecified atom stereocenters. The summed E-state index contributed by atoms with van der Waals surface area (Å²) in [6, 6.07) is -0.0858. The minimum absolute atomic E-state index is 0.00519. The van der Waals surface area contributed by atoms with Crippen LogP contribution in [-0.2, 0) is 9.53 Å². The van der Waals surface area contributed by atoms with Crippen molar-refractivity contribution in [2.24, 2.45) is 11.8 Å². The van der Waals surface area contributed by atoms with Gasteiger partial charge >= 0.3 is 0 Å². The van der Waals surface area contributed by atoms with E-state index >= 15 is 0 Å². The highest BCUT2D eigenvalue weighted by Gasteiger charge is 2.55. The van der Waals surface area contributed by atoms with Gasteiger partial charge in [-0.15, -0.1) is 6.58 Å². The van der Waals surface area contributed by atoms with Gasteiger partial charge in [0.15, 0.2) is 0 Å². The molecule has 0 aliphatic carbocycles.